The van der Waals surface area contributed by atoms with Crippen LogP contribution in [0.3, 0.4) is 0 Å². The number of hydrogen-bond acceptors (Lipinski definition) is 7. The maximum absolute atomic E-state index is 13.0. The normalized spacial score (nSPS) is 16.8. The molecule has 3 aromatic rings. The molecule has 0 aliphatic carbocycles. The predicted molar refractivity (Wildman–Crippen MR) is 133 cm³/mol. The van der Waals surface area contributed by atoms with Gasteiger partial charge < -0.3 is 9.64 Å². The smallest absolute Gasteiger partial charge is 0.316 e. The van der Waals surface area contributed by atoms with Crippen molar-refractivity contribution in [3.05, 3.63) is 92.0 Å². The fourth-order valence-electron chi connectivity index (χ4n) is 4.34. The van der Waals surface area contributed by atoms with Crippen molar-refractivity contribution in [2.75, 3.05) is 16.3 Å². The van der Waals surface area contributed by atoms with Crippen molar-refractivity contribution in [1.82, 2.24) is 0 Å². The number of imide groups is 1. The second-order valence-electron chi connectivity index (χ2n) is 8.30. The third-order valence-corrected chi connectivity index (χ3v) is 6.87. The van der Waals surface area contributed by atoms with Crippen LogP contribution in [0.5, 0.6) is 5.75 Å². The van der Waals surface area contributed by atoms with Gasteiger partial charge in [-0.05, 0) is 30.3 Å². The van der Waals surface area contributed by atoms with E-state index in [0.717, 1.165) is 11.0 Å². The van der Waals surface area contributed by atoms with Gasteiger partial charge in [0.25, 0.3) is 17.5 Å². The maximum Gasteiger partial charge on any atom is 0.316 e. The van der Waals surface area contributed by atoms with E-state index in [2.05, 4.69) is 0 Å². The molecule has 1 fully saturated rings. The first-order chi connectivity index (χ1) is 17.7. The molecule has 0 spiro atoms. The molecule has 0 unspecified atom stereocenters. The molecule has 0 N–H and O–H groups in total. The van der Waals surface area contributed by atoms with Crippen LogP contribution in [0.15, 0.2) is 60.7 Å². The molecule has 2 aliphatic heterocycles. The molecule has 1 saturated heterocycles. The summed E-state index contributed by atoms with van der Waals surface area (Å²) in [5, 5.41) is 11.8. The Kier molecular flexibility index (Phi) is 6.14. The van der Waals surface area contributed by atoms with Gasteiger partial charge in [-0.25, -0.2) is 4.90 Å². The summed E-state index contributed by atoms with van der Waals surface area (Å²) in [6.07, 6.45) is -0.108. The average Bonchev–Trinajstić information content (AvgIpc) is 3.38. The summed E-state index contributed by atoms with van der Waals surface area (Å²) in [5.41, 5.74) is -0.414. The number of fused-ring (bicyclic) bond motifs is 1. The lowest BCUT2D eigenvalue weighted by Gasteiger charge is -2.18. The van der Waals surface area contributed by atoms with Gasteiger partial charge in [0.1, 0.15) is 11.3 Å². The number of carbonyl (C=O) groups is 4. The molecule has 5 rings (SSSR count). The Morgan fingerprint density at radius 2 is 1.73 bits per heavy atom. The van der Waals surface area contributed by atoms with Crippen LogP contribution in [0.2, 0.25) is 10.0 Å². The Balaban J connectivity index is 1.35. The number of nitrogens with zero attached hydrogens (tertiary/aromatic N) is 3. The highest BCUT2D eigenvalue weighted by molar-refractivity contribution is 6.44. The van der Waals surface area contributed by atoms with Crippen LogP contribution in [0, 0.1) is 16.0 Å². The third-order valence-electron chi connectivity index (χ3n) is 6.06. The molecule has 0 saturated carbocycles. The van der Waals surface area contributed by atoms with E-state index in [1.165, 1.54) is 41.3 Å². The molecule has 0 bridgehead atoms. The number of amides is 3. The first-order valence-electron chi connectivity index (χ1n) is 10.9. The zero-order valence-electron chi connectivity index (χ0n) is 18.7. The monoisotopic (exact) mass is 539 g/mol. The van der Waals surface area contributed by atoms with E-state index in [0.29, 0.717) is 5.69 Å². The van der Waals surface area contributed by atoms with Crippen molar-refractivity contribution < 1.29 is 28.8 Å². The minimum absolute atomic E-state index is 0.0273. The minimum atomic E-state index is -0.855. The maximum atomic E-state index is 13.0. The van der Waals surface area contributed by atoms with Gasteiger partial charge in [-0.3, -0.25) is 29.3 Å². The molecule has 0 aromatic heterocycles. The zero-order valence-corrected chi connectivity index (χ0v) is 20.2. The average molecular weight is 540 g/mol. The fraction of sp³-hybridized carbons (Fsp3) is 0.120. The number of esters is 1. The Hall–Kier alpha value is -4.28. The van der Waals surface area contributed by atoms with Crippen LogP contribution in [0.1, 0.15) is 27.1 Å². The van der Waals surface area contributed by atoms with E-state index in [1.54, 1.807) is 18.2 Å². The number of anilines is 2. The Bertz CT molecular complexity index is 1520. The summed E-state index contributed by atoms with van der Waals surface area (Å²) in [4.78, 5) is 64.1. The second kappa shape index (κ2) is 9.30. The van der Waals surface area contributed by atoms with Crippen molar-refractivity contribution in [2.45, 2.75) is 6.42 Å². The molecule has 37 heavy (non-hydrogen) atoms. The summed E-state index contributed by atoms with van der Waals surface area (Å²) in [7, 11) is 0. The third kappa shape index (κ3) is 4.20. The molecule has 2 aliphatic rings. The van der Waals surface area contributed by atoms with Crippen LogP contribution >= 0.6 is 23.2 Å². The molecular formula is C25H15Cl2N3O7. The van der Waals surface area contributed by atoms with Crippen molar-refractivity contribution in [2.24, 2.45) is 5.92 Å². The van der Waals surface area contributed by atoms with Gasteiger partial charge >= 0.3 is 5.97 Å². The van der Waals surface area contributed by atoms with Gasteiger partial charge in [-0.2, -0.15) is 0 Å². The van der Waals surface area contributed by atoms with Gasteiger partial charge in [0, 0.05) is 25.1 Å². The predicted octanol–water partition coefficient (Wildman–Crippen LogP) is 4.66. The molecule has 0 radical (unpaired) electrons. The van der Waals surface area contributed by atoms with Gasteiger partial charge in [0.15, 0.2) is 0 Å². The van der Waals surface area contributed by atoms with Crippen LogP contribution in [0.25, 0.3) is 0 Å². The Morgan fingerprint density at radius 3 is 2.49 bits per heavy atom. The van der Waals surface area contributed by atoms with Gasteiger partial charge in [0.2, 0.25) is 5.91 Å². The first kappa shape index (κ1) is 24.4. The zero-order chi connectivity index (χ0) is 26.4. The topological polar surface area (TPSA) is 127 Å². The second-order valence-corrected chi connectivity index (χ2v) is 9.08. The van der Waals surface area contributed by atoms with E-state index in [1.807, 2.05) is 0 Å². The lowest BCUT2D eigenvalue weighted by molar-refractivity contribution is -0.385. The molecule has 186 valence electrons. The Labute approximate surface area is 219 Å². The number of rotatable bonds is 5. The highest BCUT2D eigenvalue weighted by Gasteiger charge is 2.42. The van der Waals surface area contributed by atoms with E-state index < -0.39 is 34.3 Å². The SMILES string of the molecule is O=C(Oc1cccc(N2C(=O)c3cccc([N+](=O)[O-])c3C2=O)c1)[C@@H]1CC(=O)N(c2cccc(Cl)c2Cl)C1. The van der Waals surface area contributed by atoms with Crippen molar-refractivity contribution >= 4 is 64.0 Å². The van der Waals surface area contributed by atoms with Crippen molar-refractivity contribution in [3.8, 4) is 5.75 Å². The number of hydrogen-bond donors (Lipinski definition) is 0. The van der Waals surface area contributed by atoms with Crippen LogP contribution in [0.4, 0.5) is 17.1 Å². The quantitative estimate of drug-likeness (QED) is 0.151. The molecule has 1 atom stereocenters. The molecule has 10 nitrogen and oxygen atoms in total. The molecule has 2 heterocycles. The minimum Gasteiger partial charge on any atom is -0.426 e. The van der Waals surface area contributed by atoms with Crippen LogP contribution < -0.4 is 14.5 Å². The summed E-state index contributed by atoms with van der Waals surface area (Å²) in [6, 6.07) is 14.3. The first-order valence-corrected chi connectivity index (χ1v) is 11.6. The van der Waals surface area contributed by atoms with Crippen LogP contribution in [-0.2, 0) is 9.59 Å². The van der Waals surface area contributed by atoms with E-state index in [9.17, 15) is 29.3 Å². The van der Waals surface area contributed by atoms with E-state index >= 15 is 0 Å². The highest BCUT2D eigenvalue weighted by atomic mass is 35.5. The standard InChI is InChI=1S/C25H15Cl2N3O7/c26-17-7-3-9-19(22(17)27)28-12-13(10-20(28)31)25(34)37-15-5-1-4-14(11-15)29-23(32)16-6-2-8-18(30(35)36)21(16)24(29)33/h1-9,11,13H,10,12H2/t13-/m1/s1. The van der Waals surface area contributed by atoms with Crippen molar-refractivity contribution in [1.29, 1.82) is 0 Å². The summed E-state index contributed by atoms with van der Waals surface area (Å²) >= 11 is 12.3. The fourth-order valence-corrected chi connectivity index (χ4v) is 4.74. The van der Waals surface area contributed by atoms with E-state index in [4.69, 9.17) is 27.9 Å². The largest absolute Gasteiger partial charge is 0.426 e. The lowest BCUT2D eigenvalue weighted by atomic mass is 10.1. The number of carbonyl (C=O) groups excluding carboxylic acids is 4. The number of benzene rings is 3. The molecule has 3 amide bonds. The molecule has 3 aromatic carbocycles. The highest BCUT2D eigenvalue weighted by Crippen LogP contribution is 2.37. The Morgan fingerprint density at radius 1 is 1.00 bits per heavy atom. The summed E-state index contributed by atoms with van der Waals surface area (Å²) < 4.78 is 5.46. The molecular weight excluding hydrogens is 525 g/mol. The summed E-state index contributed by atoms with van der Waals surface area (Å²) in [5.74, 6) is -3.38. The van der Waals surface area contributed by atoms with Gasteiger partial charge in [-0.1, -0.05) is 41.4 Å². The number of halogens is 2. The number of nitro benzene ring substituents is 1. The lowest BCUT2D eigenvalue weighted by Crippen LogP contribution is -2.29. The van der Waals surface area contributed by atoms with Gasteiger partial charge in [-0.15, -0.1) is 0 Å². The van der Waals surface area contributed by atoms with Crippen LogP contribution in [-0.4, -0.2) is 35.2 Å². The number of nitro groups is 1. The number of ether oxygens (including phenoxy) is 1. The molecule has 12 heteroatoms. The van der Waals surface area contributed by atoms with Gasteiger partial charge in [0.05, 0.1) is 37.8 Å². The van der Waals surface area contributed by atoms with E-state index in [-0.39, 0.29) is 51.5 Å². The van der Waals surface area contributed by atoms with Crippen molar-refractivity contribution in [3.63, 3.8) is 0 Å². The summed E-state index contributed by atoms with van der Waals surface area (Å²) in [6.45, 7) is 0.0273.